The van der Waals surface area contributed by atoms with E-state index in [-0.39, 0.29) is 0 Å². The molecule has 0 heterocycles. The third-order valence-electron chi connectivity index (χ3n) is 3.56. The van der Waals surface area contributed by atoms with E-state index in [4.69, 9.17) is 5.73 Å². The van der Waals surface area contributed by atoms with Crippen molar-refractivity contribution in [2.45, 2.75) is 104 Å². The molecule has 0 aromatic carbocycles. The van der Waals surface area contributed by atoms with Crippen molar-refractivity contribution in [2.75, 3.05) is 6.54 Å². The zero-order chi connectivity index (χ0) is 15.3. The summed E-state index contributed by atoms with van der Waals surface area (Å²) in [5.74, 6) is 0. The number of rotatable bonds is 14. The monoisotopic (exact) mass is 283 g/mol. The van der Waals surface area contributed by atoms with Crippen molar-refractivity contribution in [2.24, 2.45) is 5.73 Å². The second-order valence-corrected chi connectivity index (χ2v) is 5.79. The van der Waals surface area contributed by atoms with Crippen LogP contribution in [0.1, 0.15) is 104 Å². The van der Waals surface area contributed by atoms with Crippen LogP contribution in [0.2, 0.25) is 0 Å². The Morgan fingerprint density at radius 1 is 0.650 bits per heavy atom. The molecule has 0 saturated carbocycles. The largest absolute Gasteiger partial charge is 0.330 e. The van der Waals surface area contributed by atoms with E-state index in [1.54, 1.807) is 6.08 Å². The number of hydrogen-bond acceptors (Lipinski definition) is 1. The molecule has 0 aliphatic carbocycles. The number of nitrogens with two attached hydrogens (primary N) is 1. The lowest BCUT2D eigenvalue weighted by Gasteiger charge is -2.02. The molecule has 122 valence electrons. The van der Waals surface area contributed by atoms with Crippen LogP contribution in [0.5, 0.6) is 0 Å². The molecule has 0 amide bonds. The fraction of sp³-hybridized carbons (Fsp3) is 0.895. The van der Waals surface area contributed by atoms with E-state index in [0.717, 1.165) is 6.54 Å². The first kappa shape index (κ1) is 22.0. The van der Waals surface area contributed by atoms with Crippen LogP contribution in [0.4, 0.5) is 0 Å². The Hall–Kier alpha value is -0.300. The molecule has 0 aromatic heterocycles. The van der Waals surface area contributed by atoms with Gasteiger partial charge in [0.25, 0.3) is 0 Å². The van der Waals surface area contributed by atoms with E-state index in [9.17, 15) is 0 Å². The summed E-state index contributed by atoms with van der Waals surface area (Å²) >= 11 is 0. The molecular weight excluding hydrogens is 242 g/mol. The van der Waals surface area contributed by atoms with Gasteiger partial charge < -0.3 is 5.73 Å². The van der Waals surface area contributed by atoms with E-state index in [1.165, 1.54) is 89.9 Å². The van der Waals surface area contributed by atoms with E-state index in [1.807, 2.05) is 6.92 Å². The van der Waals surface area contributed by atoms with E-state index < -0.39 is 0 Å². The van der Waals surface area contributed by atoms with Gasteiger partial charge in [-0.1, -0.05) is 96.5 Å². The maximum atomic E-state index is 5.47. The molecule has 0 aliphatic heterocycles. The highest BCUT2D eigenvalue weighted by Gasteiger charge is 1.93. The summed E-state index contributed by atoms with van der Waals surface area (Å²) in [4.78, 5) is 0. The third-order valence-corrected chi connectivity index (χ3v) is 3.56. The lowest BCUT2D eigenvalue weighted by molar-refractivity contribution is 0.536. The van der Waals surface area contributed by atoms with Crippen molar-refractivity contribution in [3.05, 3.63) is 12.7 Å². The lowest BCUT2D eigenvalue weighted by atomic mass is 10.0. The molecule has 0 unspecified atom stereocenters. The zero-order valence-corrected chi connectivity index (χ0v) is 14.5. The molecule has 1 nitrogen and oxygen atoms in total. The average molecular weight is 284 g/mol. The molecule has 0 fully saturated rings. The van der Waals surface area contributed by atoms with Gasteiger partial charge in [0.2, 0.25) is 0 Å². The lowest BCUT2D eigenvalue weighted by Crippen LogP contribution is -1.97. The van der Waals surface area contributed by atoms with Crippen LogP contribution in [0.15, 0.2) is 12.7 Å². The molecule has 0 aromatic rings. The van der Waals surface area contributed by atoms with Gasteiger partial charge >= 0.3 is 0 Å². The smallest absolute Gasteiger partial charge is 0.00773 e. The Morgan fingerprint density at radius 3 is 1.15 bits per heavy atom. The van der Waals surface area contributed by atoms with Gasteiger partial charge in [0.15, 0.2) is 0 Å². The normalized spacial score (nSPS) is 9.95. The highest BCUT2D eigenvalue weighted by molar-refractivity contribution is 4.51. The molecule has 0 rings (SSSR count). The van der Waals surface area contributed by atoms with Crippen LogP contribution in [-0.2, 0) is 0 Å². The van der Waals surface area contributed by atoms with Crippen molar-refractivity contribution >= 4 is 0 Å². The van der Waals surface area contributed by atoms with E-state index in [2.05, 4.69) is 13.5 Å². The first-order valence-corrected chi connectivity index (χ1v) is 9.10. The first-order valence-electron chi connectivity index (χ1n) is 9.10. The predicted octanol–water partition coefficient (Wildman–Crippen LogP) is 6.62. The summed E-state index contributed by atoms with van der Waals surface area (Å²) in [6, 6.07) is 0. The Bertz CT molecular complexity index is 140. The topological polar surface area (TPSA) is 26.0 Å². The Kier molecular flexibility index (Phi) is 26.1. The molecule has 1 heteroatoms. The molecule has 0 bridgehead atoms. The van der Waals surface area contributed by atoms with Crippen LogP contribution in [0, 0.1) is 0 Å². The van der Waals surface area contributed by atoms with Gasteiger partial charge in [0.05, 0.1) is 0 Å². The van der Waals surface area contributed by atoms with E-state index >= 15 is 0 Å². The standard InChI is InChI=1S/C16H35N.C3H6/c1-2-3-4-5-6-7-8-9-10-11-12-13-14-15-16-17;1-3-2/h2-17H2,1H3;3H,1H2,2H3. The van der Waals surface area contributed by atoms with Crippen LogP contribution in [-0.4, -0.2) is 6.54 Å². The first-order chi connectivity index (χ1) is 9.83. The summed E-state index contributed by atoms with van der Waals surface area (Å²) in [6.07, 6.45) is 21.6. The summed E-state index contributed by atoms with van der Waals surface area (Å²) in [6.45, 7) is 8.41. The highest BCUT2D eigenvalue weighted by atomic mass is 14.5. The van der Waals surface area contributed by atoms with Gasteiger partial charge in [-0.05, 0) is 19.9 Å². The molecule has 0 saturated heterocycles. The summed E-state index contributed by atoms with van der Waals surface area (Å²) in [5, 5.41) is 0. The highest BCUT2D eigenvalue weighted by Crippen LogP contribution is 2.12. The van der Waals surface area contributed by atoms with Gasteiger partial charge in [0, 0.05) is 0 Å². The molecule has 0 radical (unpaired) electrons. The van der Waals surface area contributed by atoms with Crippen molar-refractivity contribution in [3.8, 4) is 0 Å². The number of allylic oxidation sites excluding steroid dienone is 1. The SMILES string of the molecule is C=CC.CCCCCCCCCCCCCCCCN. The van der Waals surface area contributed by atoms with Crippen LogP contribution in [0.25, 0.3) is 0 Å². The van der Waals surface area contributed by atoms with Gasteiger partial charge in [-0.25, -0.2) is 0 Å². The predicted molar refractivity (Wildman–Crippen MR) is 95.2 cm³/mol. The minimum absolute atomic E-state index is 0.873. The van der Waals surface area contributed by atoms with Crippen LogP contribution >= 0.6 is 0 Å². The number of unbranched alkanes of at least 4 members (excludes halogenated alkanes) is 13. The fourth-order valence-electron chi connectivity index (χ4n) is 2.34. The minimum atomic E-state index is 0.873. The van der Waals surface area contributed by atoms with Crippen LogP contribution in [0.3, 0.4) is 0 Å². The van der Waals surface area contributed by atoms with Crippen molar-refractivity contribution in [3.63, 3.8) is 0 Å². The Labute approximate surface area is 129 Å². The maximum Gasteiger partial charge on any atom is -0.00773 e. The van der Waals surface area contributed by atoms with Crippen molar-refractivity contribution in [1.29, 1.82) is 0 Å². The van der Waals surface area contributed by atoms with E-state index in [0.29, 0.717) is 0 Å². The average Bonchev–Trinajstić information content (AvgIpc) is 2.45. The third kappa shape index (κ3) is 26.3. The van der Waals surface area contributed by atoms with Gasteiger partial charge in [0.1, 0.15) is 0 Å². The van der Waals surface area contributed by atoms with Gasteiger partial charge in [-0.15, -0.1) is 6.58 Å². The molecular formula is C19H41N. The second kappa shape index (κ2) is 23.8. The fourth-order valence-corrected chi connectivity index (χ4v) is 2.34. The summed E-state index contributed by atoms with van der Waals surface area (Å²) < 4.78 is 0. The summed E-state index contributed by atoms with van der Waals surface area (Å²) in [7, 11) is 0. The van der Waals surface area contributed by atoms with Gasteiger partial charge in [-0.2, -0.15) is 0 Å². The molecule has 20 heavy (non-hydrogen) atoms. The van der Waals surface area contributed by atoms with Crippen molar-refractivity contribution < 1.29 is 0 Å². The Morgan fingerprint density at radius 2 is 0.900 bits per heavy atom. The number of hydrogen-bond donors (Lipinski definition) is 1. The second-order valence-electron chi connectivity index (χ2n) is 5.79. The van der Waals surface area contributed by atoms with Gasteiger partial charge in [-0.3, -0.25) is 0 Å². The quantitative estimate of drug-likeness (QED) is 0.281. The maximum absolute atomic E-state index is 5.47. The molecule has 0 spiro atoms. The summed E-state index contributed by atoms with van der Waals surface area (Å²) in [5.41, 5.74) is 5.47. The molecule has 0 atom stereocenters. The Balaban J connectivity index is 0. The minimum Gasteiger partial charge on any atom is -0.330 e. The van der Waals surface area contributed by atoms with Crippen molar-refractivity contribution in [1.82, 2.24) is 0 Å². The molecule has 2 N–H and O–H groups in total. The van der Waals surface area contributed by atoms with Crippen LogP contribution < -0.4 is 5.73 Å². The zero-order valence-electron chi connectivity index (χ0n) is 14.5. The molecule has 0 aliphatic rings.